The molecule has 0 unspecified atom stereocenters. The Kier molecular flexibility index (Phi) is 5.26. The fourth-order valence-corrected chi connectivity index (χ4v) is 2.88. The van der Waals surface area contributed by atoms with Crippen molar-refractivity contribution in [2.75, 3.05) is 7.11 Å². The second kappa shape index (κ2) is 7.61. The molecule has 0 saturated carbocycles. The highest BCUT2D eigenvalue weighted by Gasteiger charge is 2.54. The van der Waals surface area contributed by atoms with Gasteiger partial charge in [-0.3, -0.25) is 0 Å². The van der Waals surface area contributed by atoms with Crippen molar-refractivity contribution in [1.82, 2.24) is 0 Å². The average molecular weight is 367 g/mol. The molecule has 0 bridgehead atoms. The molecule has 2 aromatic carbocycles. The van der Waals surface area contributed by atoms with Gasteiger partial charge in [0.25, 0.3) is 5.54 Å². The molecular formula is C21H21NO5. The highest BCUT2D eigenvalue weighted by atomic mass is 16.6. The second-order valence-corrected chi connectivity index (χ2v) is 6.70. The van der Waals surface area contributed by atoms with Crippen molar-refractivity contribution >= 4 is 17.8 Å². The van der Waals surface area contributed by atoms with Gasteiger partial charge in [0.15, 0.2) is 0 Å². The predicted octanol–water partition coefficient (Wildman–Crippen LogP) is 3.39. The third-order valence-corrected chi connectivity index (χ3v) is 4.15. The minimum atomic E-state index is -1.71. The van der Waals surface area contributed by atoms with Crippen LogP contribution in [0.3, 0.4) is 0 Å². The molecule has 0 radical (unpaired) electrons. The van der Waals surface area contributed by atoms with Crippen LogP contribution < -0.4 is 9.47 Å². The maximum atomic E-state index is 12.9. The molecular weight excluding hydrogens is 346 g/mol. The van der Waals surface area contributed by atoms with Gasteiger partial charge in [-0.2, -0.15) is 0 Å². The zero-order valence-electron chi connectivity index (χ0n) is 15.5. The van der Waals surface area contributed by atoms with Crippen LogP contribution in [-0.2, 0) is 14.3 Å². The van der Waals surface area contributed by atoms with Crippen LogP contribution in [0, 0.1) is 5.92 Å². The van der Waals surface area contributed by atoms with Crippen molar-refractivity contribution in [1.29, 1.82) is 0 Å². The number of cyclic esters (lactones) is 1. The van der Waals surface area contributed by atoms with Crippen LogP contribution in [0.25, 0.3) is 0 Å². The van der Waals surface area contributed by atoms with E-state index in [0.717, 1.165) is 0 Å². The van der Waals surface area contributed by atoms with Gasteiger partial charge in [-0.1, -0.05) is 32.0 Å². The third-order valence-electron chi connectivity index (χ3n) is 4.15. The standard InChI is InChI=1S/C21H21NO5/c1-14(2)13-21(19(23)26-17-7-5-4-6-8-17)20(24)27-18(22-21)15-9-11-16(25-3)12-10-15/h4-12,14H,13H2,1-3H3/t21-/m0/s1. The molecule has 0 fully saturated rings. The summed E-state index contributed by atoms with van der Waals surface area (Å²) >= 11 is 0. The summed E-state index contributed by atoms with van der Waals surface area (Å²) in [4.78, 5) is 30.0. The fraction of sp³-hybridized carbons (Fsp3) is 0.286. The molecule has 27 heavy (non-hydrogen) atoms. The van der Waals surface area contributed by atoms with E-state index in [4.69, 9.17) is 14.2 Å². The molecule has 1 aliphatic heterocycles. The molecule has 3 rings (SSSR count). The Hall–Kier alpha value is -3.15. The predicted molar refractivity (Wildman–Crippen MR) is 99.9 cm³/mol. The molecule has 6 nitrogen and oxygen atoms in total. The zero-order valence-corrected chi connectivity index (χ0v) is 15.5. The van der Waals surface area contributed by atoms with Crippen LogP contribution in [0.1, 0.15) is 25.8 Å². The van der Waals surface area contributed by atoms with E-state index in [0.29, 0.717) is 17.1 Å². The third kappa shape index (κ3) is 3.84. The van der Waals surface area contributed by atoms with Crippen molar-refractivity contribution in [3.05, 3.63) is 60.2 Å². The van der Waals surface area contributed by atoms with E-state index in [1.165, 1.54) is 0 Å². The molecule has 0 aliphatic carbocycles. The number of nitrogens with zero attached hydrogens (tertiary/aromatic N) is 1. The lowest BCUT2D eigenvalue weighted by molar-refractivity contribution is -0.152. The van der Waals surface area contributed by atoms with Gasteiger partial charge < -0.3 is 14.2 Å². The summed E-state index contributed by atoms with van der Waals surface area (Å²) in [6, 6.07) is 15.5. The number of carbonyl (C=O) groups is 2. The lowest BCUT2D eigenvalue weighted by Gasteiger charge is -2.21. The number of methoxy groups -OCH3 is 1. The molecule has 0 saturated heterocycles. The zero-order chi connectivity index (χ0) is 19.4. The first-order valence-corrected chi connectivity index (χ1v) is 8.68. The van der Waals surface area contributed by atoms with Crippen molar-refractivity contribution in [2.45, 2.75) is 25.8 Å². The van der Waals surface area contributed by atoms with E-state index in [9.17, 15) is 9.59 Å². The first kappa shape index (κ1) is 18.6. The van der Waals surface area contributed by atoms with Gasteiger partial charge in [-0.15, -0.1) is 0 Å². The molecule has 0 N–H and O–H groups in total. The van der Waals surface area contributed by atoms with Crippen LogP contribution in [0.4, 0.5) is 0 Å². The first-order chi connectivity index (χ1) is 12.9. The molecule has 1 heterocycles. The lowest BCUT2D eigenvalue weighted by atomic mass is 9.90. The normalized spacial score (nSPS) is 18.8. The lowest BCUT2D eigenvalue weighted by Crippen LogP contribution is -2.46. The van der Waals surface area contributed by atoms with E-state index in [2.05, 4.69) is 4.99 Å². The van der Waals surface area contributed by atoms with E-state index in [1.807, 2.05) is 19.9 Å². The monoisotopic (exact) mass is 367 g/mol. The van der Waals surface area contributed by atoms with Crippen LogP contribution in [-0.4, -0.2) is 30.5 Å². The molecule has 140 valence electrons. The minimum absolute atomic E-state index is 0.0276. The summed E-state index contributed by atoms with van der Waals surface area (Å²) in [5.41, 5.74) is -1.12. The van der Waals surface area contributed by atoms with Crippen molar-refractivity contribution in [2.24, 2.45) is 10.9 Å². The molecule has 0 aromatic heterocycles. The second-order valence-electron chi connectivity index (χ2n) is 6.70. The highest BCUT2D eigenvalue weighted by Crippen LogP contribution is 2.32. The van der Waals surface area contributed by atoms with Gasteiger partial charge >= 0.3 is 11.9 Å². The number of aliphatic imine (C=N–C) groups is 1. The largest absolute Gasteiger partial charge is 0.497 e. The summed E-state index contributed by atoms with van der Waals surface area (Å²) in [5.74, 6) is -0.306. The Labute approximate surface area is 157 Å². The Morgan fingerprint density at radius 1 is 1.07 bits per heavy atom. The molecule has 1 atom stereocenters. The number of rotatable bonds is 6. The van der Waals surface area contributed by atoms with Gasteiger partial charge in [-0.25, -0.2) is 14.6 Å². The van der Waals surface area contributed by atoms with Crippen molar-refractivity contribution < 1.29 is 23.8 Å². The summed E-state index contributed by atoms with van der Waals surface area (Å²) in [5, 5.41) is 0. The molecule has 6 heteroatoms. The van der Waals surface area contributed by atoms with Crippen molar-refractivity contribution in [3.8, 4) is 11.5 Å². The van der Waals surface area contributed by atoms with Crippen LogP contribution in [0.15, 0.2) is 59.6 Å². The van der Waals surface area contributed by atoms with E-state index in [-0.39, 0.29) is 18.2 Å². The van der Waals surface area contributed by atoms with E-state index in [1.54, 1.807) is 55.6 Å². The number of benzene rings is 2. The Morgan fingerprint density at radius 2 is 1.74 bits per heavy atom. The number of para-hydroxylation sites is 1. The maximum Gasteiger partial charge on any atom is 0.352 e. The quantitative estimate of drug-likeness (QED) is 0.444. The number of ether oxygens (including phenoxy) is 3. The SMILES string of the molecule is COc1ccc(C2=N[C@@](CC(C)C)(C(=O)Oc3ccccc3)C(=O)O2)cc1. The average Bonchev–Trinajstić information content (AvgIpc) is 2.99. The number of carbonyl (C=O) groups excluding carboxylic acids is 2. The Bertz CT molecular complexity index is 858. The van der Waals surface area contributed by atoms with Crippen LogP contribution in [0.5, 0.6) is 11.5 Å². The van der Waals surface area contributed by atoms with Gasteiger partial charge in [0.1, 0.15) is 11.5 Å². The fourth-order valence-electron chi connectivity index (χ4n) is 2.88. The molecule has 2 aromatic rings. The van der Waals surface area contributed by atoms with E-state index >= 15 is 0 Å². The summed E-state index contributed by atoms with van der Waals surface area (Å²) in [7, 11) is 1.56. The van der Waals surface area contributed by atoms with Gasteiger partial charge in [-0.05, 0) is 48.7 Å². The van der Waals surface area contributed by atoms with Gasteiger partial charge in [0.2, 0.25) is 5.90 Å². The minimum Gasteiger partial charge on any atom is -0.497 e. The van der Waals surface area contributed by atoms with Gasteiger partial charge in [0.05, 0.1) is 7.11 Å². The van der Waals surface area contributed by atoms with Gasteiger partial charge in [0, 0.05) is 5.56 Å². The van der Waals surface area contributed by atoms with Crippen LogP contribution in [0.2, 0.25) is 0 Å². The van der Waals surface area contributed by atoms with Crippen LogP contribution >= 0.6 is 0 Å². The maximum absolute atomic E-state index is 12.9. The summed E-state index contributed by atoms with van der Waals surface area (Å²) < 4.78 is 15.9. The summed E-state index contributed by atoms with van der Waals surface area (Å²) in [6.07, 6.45) is 0.192. The van der Waals surface area contributed by atoms with E-state index < -0.39 is 17.5 Å². The number of hydrogen-bond donors (Lipinski definition) is 0. The molecule has 0 spiro atoms. The molecule has 0 amide bonds. The smallest absolute Gasteiger partial charge is 0.352 e. The number of esters is 2. The van der Waals surface area contributed by atoms with Crippen molar-refractivity contribution in [3.63, 3.8) is 0 Å². The molecule has 1 aliphatic rings. The summed E-state index contributed by atoms with van der Waals surface area (Å²) in [6.45, 7) is 3.82. The number of hydrogen-bond acceptors (Lipinski definition) is 6. The Morgan fingerprint density at radius 3 is 2.33 bits per heavy atom. The first-order valence-electron chi connectivity index (χ1n) is 8.68. The topological polar surface area (TPSA) is 74.2 Å². The highest BCUT2D eigenvalue weighted by molar-refractivity contribution is 6.17. The Balaban J connectivity index is 1.95.